The number of halogens is 1. The summed E-state index contributed by atoms with van der Waals surface area (Å²) < 4.78 is 20.6. The SMILES string of the molecule is Cc1cc(-c2nc(-c3ccc(F)cc3)no2)c(C)n1CC(=O)N1CCN(C)CC1. The Morgan fingerprint density at radius 3 is 2.52 bits per heavy atom. The van der Waals surface area contributed by atoms with Crippen LogP contribution in [0.3, 0.4) is 0 Å². The van der Waals surface area contributed by atoms with E-state index in [-0.39, 0.29) is 11.7 Å². The predicted octanol–water partition coefficient (Wildman–Crippen LogP) is 2.74. The van der Waals surface area contributed by atoms with Gasteiger partial charge in [-0.1, -0.05) is 5.16 Å². The van der Waals surface area contributed by atoms with Crippen LogP contribution in [0.15, 0.2) is 34.9 Å². The molecule has 3 heterocycles. The second-order valence-corrected chi connectivity index (χ2v) is 7.49. The summed E-state index contributed by atoms with van der Waals surface area (Å²) in [4.78, 5) is 21.3. The van der Waals surface area contributed by atoms with E-state index in [1.54, 1.807) is 12.1 Å². The Morgan fingerprint density at radius 1 is 1.14 bits per heavy atom. The second kappa shape index (κ2) is 7.79. The van der Waals surface area contributed by atoms with E-state index < -0.39 is 0 Å². The average molecular weight is 397 g/mol. The standard InChI is InChI=1S/C21H24FN5O2/c1-14-12-18(21-23-20(24-29-21)16-4-6-17(22)7-5-16)15(2)27(14)13-19(28)26-10-8-25(3)9-11-26/h4-7,12H,8-11,13H2,1-3H3. The van der Waals surface area contributed by atoms with E-state index in [0.717, 1.165) is 43.1 Å². The number of amides is 1. The molecule has 0 unspecified atom stereocenters. The first-order valence-electron chi connectivity index (χ1n) is 9.65. The maximum absolute atomic E-state index is 13.1. The summed E-state index contributed by atoms with van der Waals surface area (Å²) in [6, 6.07) is 7.90. The molecule has 0 N–H and O–H groups in total. The van der Waals surface area contributed by atoms with Crippen LogP contribution in [0, 0.1) is 19.7 Å². The van der Waals surface area contributed by atoms with Crippen molar-refractivity contribution in [3.8, 4) is 22.8 Å². The zero-order valence-electron chi connectivity index (χ0n) is 16.9. The van der Waals surface area contributed by atoms with Crippen LogP contribution in [0.1, 0.15) is 11.4 Å². The lowest BCUT2D eigenvalue weighted by molar-refractivity contribution is -0.133. The highest BCUT2D eigenvalue weighted by Gasteiger charge is 2.22. The van der Waals surface area contributed by atoms with Crippen molar-refractivity contribution in [2.24, 2.45) is 0 Å². The molecule has 0 aliphatic carbocycles. The maximum atomic E-state index is 13.1. The number of benzene rings is 1. The largest absolute Gasteiger partial charge is 0.339 e. The van der Waals surface area contributed by atoms with Crippen LogP contribution in [-0.4, -0.2) is 63.6 Å². The highest BCUT2D eigenvalue weighted by Crippen LogP contribution is 2.28. The molecule has 4 rings (SSSR count). The Labute approximate surface area is 168 Å². The van der Waals surface area contributed by atoms with Gasteiger partial charge in [0, 0.05) is 43.1 Å². The highest BCUT2D eigenvalue weighted by molar-refractivity contribution is 5.77. The molecule has 2 aromatic heterocycles. The monoisotopic (exact) mass is 397 g/mol. The summed E-state index contributed by atoms with van der Waals surface area (Å²) in [6.07, 6.45) is 0. The number of aryl methyl sites for hydroxylation is 1. The lowest BCUT2D eigenvalue weighted by Crippen LogP contribution is -2.48. The van der Waals surface area contributed by atoms with E-state index in [1.165, 1.54) is 12.1 Å². The zero-order valence-corrected chi connectivity index (χ0v) is 16.9. The summed E-state index contributed by atoms with van der Waals surface area (Å²) in [5.74, 6) is 0.587. The molecular formula is C21H24FN5O2. The molecule has 0 radical (unpaired) electrons. The molecule has 7 nitrogen and oxygen atoms in total. The number of likely N-dealkylation sites (N-methyl/N-ethyl adjacent to an activating group) is 1. The smallest absolute Gasteiger partial charge is 0.260 e. The molecule has 29 heavy (non-hydrogen) atoms. The van der Waals surface area contributed by atoms with E-state index in [1.807, 2.05) is 29.4 Å². The van der Waals surface area contributed by atoms with Gasteiger partial charge in [-0.05, 0) is 51.2 Å². The van der Waals surface area contributed by atoms with Gasteiger partial charge in [-0.3, -0.25) is 4.79 Å². The third kappa shape index (κ3) is 3.93. The van der Waals surface area contributed by atoms with Gasteiger partial charge in [-0.15, -0.1) is 0 Å². The fourth-order valence-corrected chi connectivity index (χ4v) is 3.60. The van der Waals surface area contributed by atoms with Gasteiger partial charge in [-0.2, -0.15) is 4.98 Å². The van der Waals surface area contributed by atoms with Crippen LogP contribution in [0.2, 0.25) is 0 Å². The molecule has 0 spiro atoms. The van der Waals surface area contributed by atoms with Crippen LogP contribution in [0.25, 0.3) is 22.8 Å². The van der Waals surface area contributed by atoms with Crippen LogP contribution < -0.4 is 0 Å². The molecule has 3 aromatic rings. The van der Waals surface area contributed by atoms with Crippen molar-refractivity contribution in [3.63, 3.8) is 0 Å². The third-order valence-electron chi connectivity index (χ3n) is 5.48. The number of piperazine rings is 1. The first kappa shape index (κ1) is 19.3. The van der Waals surface area contributed by atoms with Crippen LogP contribution >= 0.6 is 0 Å². The number of aromatic nitrogens is 3. The van der Waals surface area contributed by atoms with E-state index in [0.29, 0.717) is 23.8 Å². The Hall–Kier alpha value is -3.00. The zero-order chi connectivity index (χ0) is 20.5. The topological polar surface area (TPSA) is 67.4 Å². The van der Waals surface area contributed by atoms with Crippen molar-refractivity contribution in [1.82, 2.24) is 24.5 Å². The number of hydrogen-bond acceptors (Lipinski definition) is 5. The van der Waals surface area contributed by atoms with Crippen molar-refractivity contribution in [1.29, 1.82) is 0 Å². The van der Waals surface area contributed by atoms with E-state index in [2.05, 4.69) is 22.1 Å². The summed E-state index contributed by atoms with van der Waals surface area (Å²) in [5, 5.41) is 4.02. The maximum Gasteiger partial charge on any atom is 0.260 e. The van der Waals surface area contributed by atoms with Crippen LogP contribution in [-0.2, 0) is 11.3 Å². The molecule has 1 saturated heterocycles. The normalized spacial score (nSPS) is 15.1. The summed E-state index contributed by atoms with van der Waals surface area (Å²) in [6.45, 7) is 7.51. The van der Waals surface area contributed by atoms with E-state index >= 15 is 0 Å². The first-order chi connectivity index (χ1) is 13.9. The van der Waals surface area contributed by atoms with E-state index in [9.17, 15) is 9.18 Å². The van der Waals surface area contributed by atoms with Crippen LogP contribution in [0.4, 0.5) is 4.39 Å². The number of nitrogens with zero attached hydrogens (tertiary/aromatic N) is 5. The van der Waals surface area contributed by atoms with Gasteiger partial charge in [0.05, 0.1) is 5.56 Å². The minimum Gasteiger partial charge on any atom is -0.339 e. The number of carbonyl (C=O) groups excluding carboxylic acids is 1. The Morgan fingerprint density at radius 2 is 1.83 bits per heavy atom. The Balaban J connectivity index is 1.54. The molecule has 8 heteroatoms. The number of rotatable bonds is 4. The minimum atomic E-state index is -0.314. The molecule has 1 aliphatic rings. The van der Waals surface area contributed by atoms with Crippen molar-refractivity contribution >= 4 is 5.91 Å². The molecule has 1 amide bonds. The summed E-state index contributed by atoms with van der Waals surface area (Å²) >= 11 is 0. The Bertz CT molecular complexity index is 1020. The fourth-order valence-electron chi connectivity index (χ4n) is 3.60. The van der Waals surface area contributed by atoms with Gasteiger partial charge in [-0.25, -0.2) is 4.39 Å². The summed E-state index contributed by atoms with van der Waals surface area (Å²) in [5.41, 5.74) is 3.34. The highest BCUT2D eigenvalue weighted by atomic mass is 19.1. The van der Waals surface area contributed by atoms with Gasteiger partial charge in [0.25, 0.3) is 5.89 Å². The molecule has 152 valence electrons. The molecule has 0 bridgehead atoms. The van der Waals surface area contributed by atoms with Gasteiger partial charge < -0.3 is 18.9 Å². The second-order valence-electron chi connectivity index (χ2n) is 7.49. The molecule has 0 saturated carbocycles. The van der Waals surface area contributed by atoms with Gasteiger partial charge in [0.2, 0.25) is 11.7 Å². The lowest BCUT2D eigenvalue weighted by Gasteiger charge is -2.32. The predicted molar refractivity (Wildman–Crippen MR) is 107 cm³/mol. The average Bonchev–Trinajstić information content (AvgIpc) is 3.29. The summed E-state index contributed by atoms with van der Waals surface area (Å²) in [7, 11) is 2.07. The molecule has 0 atom stereocenters. The molecule has 1 aromatic carbocycles. The number of carbonyl (C=O) groups is 1. The first-order valence-corrected chi connectivity index (χ1v) is 9.65. The van der Waals surface area contributed by atoms with Gasteiger partial charge in [0.15, 0.2) is 0 Å². The molecule has 1 fully saturated rings. The van der Waals surface area contributed by atoms with Crippen molar-refractivity contribution in [3.05, 3.63) is 47.5 Å². The lowest BCUT2D eigenvalue weighted by atomic mass is 10.2. The van der Waals surface area contributed by atoms with Gasteiger partial charge in [0.1, 0.15) is 12.4 Å². The van der Waals surface area contributed by atoms with Crippen molar-refractivity contribution in [2.45, 2.75) is 20.4 Å². The molecular weight excluding hydrogens is 373 g/mol. The van der Waals surface area contributed by atoms with Crippen molar-refractivity contribution < 1.29 is 13.7 Å². The quantitative estimate of drug-likeness (QED) is 0.677. The Kier molecular flexibility index (Phi) is 5.19. The number of hydrogen-bond donors (Lipinski definition) is 0. The minimum absolute atomic E-state index is 0.115. The van der Waals surface area contributed by atoms with Gasteiger partial charge >= 0.3 is 0 Å². The van der Waals surface area contributed by atoms with E-state index in [4.69, 9.17) is 4.52 Å². The fraction of sp³-hybridized carbons (Fsp3) is 0.381. The molecule has 1 aliphatic heterocycles. The third-order valence-corrected chi connectivity index (χ3v) is 5.48. The van der Waals surface area contributed by atoms with Crippen molar-refractivity contribution in [2.75, 3.05) is 33.2 Å². The van der Waals surface area contributed by atoms with Crippen LogP contribution in [0.5, 0.6) is 0 Å².